The fourth-order valence-corrected chi connectivity index (χ4v) is 3.09. The lowest BCUT2D eigenvalue weighted by Gasteiger charge is -2.17. The van der Waals surface area contributed by atoms with Crippen molar-refractivity contribution in [1.29, 1.82) is 0 Å². The normalized spacial score (nSPS) is 14.1. The van der Waals surface area contributed by atoms with Crippen LogP contribution in [0.4, 0.5) is 5.69 Å². The minimum absolute atomic E-state index is 0.0459. The number of carbonyl (C=O) groups excluding carboxylic acids is 1. The highest BCUT2D eigenvalue weighted by Gasteiger charge is 2.19. The van der Waals surface area contributed by atoms with E-state index in [9.17, 15) is 4.79 Å². The van der Waals surface area contributed by atoms with Crippen LogP contribution < -0.4 is 19.5 Å². The third-order valence-corrected chi connectivity index (χ3v) is 4.50. The molecular weight excluding hydrogens is 330 g/mol. The van der Waals surface area contributed by atoms with E-state index in [1.807, 2.05) is 43.3 Å². The smallest absolute Gasteiger partial charge is 0.262 e. The van der Waals surface area contributed by atoms with Crippen LogP contribution >= 0.6 is 0 Å². The van der Waals surface area contributed by atoms with Crippen molar-refractivity contribution in [2.75, 3.05) is 19.0 Å². The van der Waals surface area contributed by atoms with Gasteiger partial charge in [-0.25, -0.2) is 0 Å². The Morgan fingerprint density at radius 2 is 1.85 bits per heavy atom. The molecule has 0 radical (unpaired) electrons. The quantitative estimate of drug-likeness (QED) is 0.802. The highest BCUT2D eigenvalue weighted by atomic mass is 16.5. The number of para-hydroxylation sites is 1. The van der Waals surface area contributed by atoms with Crippen molar-refractivity contribution >= 4 is 11.6 Å². The molecule has 0 atom stereocenters. The summed E-state index contributed by atoms with van der Waals surface area (Å²) in [7, 11) is 1.62. The van der Waals surface area contributed by atoms with E-state index in [1.54, 1.807) is 13.2 Å². The Morgan fingerprint density at radius 1 is 1.08 bits per heavy atom. The molecule has 1 amide bonds. The molecule has 2 aromatic carbocycles. The first kappa shape index (κ1) is 18.1. The van der Waals surface area contributed by atoms with Crippen LogP contribution in [0.5, 0.6) is 17.2 Å². The fourth-order valence-electron chi connectivity index (χ4n) is 3.09. The highest BCUT2D eigenvalue weighted by molar-refractivity contribution is 5.92. The van der Waals surface area contributed by atoms with Crippen molar-refractivity contribution < 1.29 is 19.0 Å². The van der Waals surface area contributed by atoms with Gasteiger partial charge in [0.25, 0.3) is 5.91 Å². The number of hydrogen-bond acceptors (Lipinski definition) is 4. The summed E-state index contributed by atoms with van der Waals surface area (Å²) in [4.78, 5) is 12.2. The Morgan fingerprint density at radius 3 is 2.58 bits per heavy atom. The molecule has 5 heteroatoms. The number of aryl methyl sites for hydroxylation is 1. The Balaban J connectivity index is 1.61. The van der Waals surface area contributed by atoms with E-state index >= 15 is 0 Å². The minimum atomic E-state index is -0.217. The Hall–Kier alpha value is -2.69. The lowest BCUT2D eigenvalue weighted by atomic mass is 10.2. The molecule has 1 aliphatic carbocycles. The fraction of sp³-hybridized carbons (Fsp3) is 0.381. The molecular formula is C21H25NO4. The summed E-state index contributed by atoms with van der Waals surface area (Å²) >= 11 is 0. The molecule has 0 saturated heterocycles. The van der Waals surface area contributed by atoms with Crippen LogP contribution in [-0.2, 0) is 4.79 Å². The summed E-state index contributed by atoms with van der Waals surface area (Å²) in [5, 5.41) is 2.85. The molecule has 0 heterocycles. The molecule has 1 aliphatic rings. The molecule has 1 saturated carbocycles. The lowest BCUT2D eigenvalue weighted by Crippen LogP contribution is -2.20. The standard InChI is InChI=1S/C21H25NO4/c1-15-7-3-6-10-18(15)25-14-21(23)22-16-11-12-19(24-2)20(13-16)26-17-8-4-5-9-17/h3,6-7,10-13,17H,4-5,8-9,14H2,1-2H3,(H,22,23). The molecule has 5 nitrogen and oxygen atoms in total. The summed E-state index contributed by atoms with van der Waals surface area (Å²) in [5.74, 6) is 1.83. The van der Waals surface area contributed by atoms with Gasteiger partial charge in [-0.3, -0.25) is 4.79 Å². The number of carbonyl (C=O) groups is 1. The highest BCUT2D eigenvalue weighted by Crippen LogP contribution is 2.33. The molecule has 2 aromatic rings. The van der Waals surface area contributed by atoms with Gasteiger partial charge in [0.05, 0.1) is 13.2 Å². The molecule has 1 fully saturated rings. The van der Waals surface area contributed by atoms with E-state index in [-0.39, 0.29) is 18.6 Å². The van der Waals surface area contributed by atoms with Gasteiger partial charge in [0.1, 0.15) is 5.75 Å². The van der Waals surface area contributed by atoms with E-state index < -0.39 is 0 Å². The molecule has 0 bridgehead atoms. The van der Waals surface area contributed by atoms with Crippen LogP contribution in [0.3, 0.4) is 0 Å². The first-order valence-corrected chi connectivity index (χ1v) is 8.98. The average Bonchev–Trinajstić information content (AvgIpc) is 3.14. The van der Waals surface area contributed by atoms with E-state index in [1.165, 1.54) is 12.8 Å². The van der Waals surface area contributed by atoms with Gasteiger partial charge >= 0.3 is 0 Å². The van der Waals surface area contributed by atoms with Crippen molar-refractivity contribution in [3.8, 4) is 17.2 Å². The van der Waals surface area contributed by atoms with Crippen molar-refractivity contribution in [1.82, 2.24) is 0 Å². The molecule has 3 rings (SSSR count). The predicted molar refractivity (Wildman–Crippen MR) is 101 cm³/mol. The second-order valence-electron chi connectivity index (χ2n) is 6.49. The molecule has 0 aliphatic heterocycles. The van der Waals surface area contributed by atoms with Crippen molar-refractivity contribution in [3.05, 3.63) is 48.0 Å². The van der Waals surface area contributed by atoms with Crippen LogP contribution in [0, 0.1) is 6.92 Å². The van der Waals surface area contributed by atoms with Crippen LogP contribution in [0.1, 0.15) is 31.2 Å². The van der Waals surface area contributed by atoms with Crippen LogP contribution in [0.25, 0.3) is 0 Å². The van der Waals surface area contributed by atoms with Crippen molar-refractivity contribution in [3.63, 3.8) is 0 Å². The topological polar surface area (TPSA) is 56.8 Å². The second kappa shape index (κ2) is 8.61. The third-order valence-electron chi connectivity index (χ3n) is 4.50. The maximum Gasteiger partial charge on any atom is 0.262 e. The predicted octanol–water partition coefficient (Wildman–Crippen LogP) is 4.34. The SMILES string of the molecule is COc1ccc(NC(=O)COc2ccccc2C)cc1OC1CCCC1. The summed E-state index contributed by atoms with van der Waals surface area (Å²) in [6.45, 7) is 1.90. The van der Waals surface area contributed by atoms with Crippen LogP contribution in [-0.4, -0.2) is 25.7 Å². The number of hydrogen-bond donors (Lipinski definition) is 1. The Bertz CT molecular complexity index is 753. The summed E-state index contributed by atoms with van der Waals surface area (Å²) < 4.78 is 17.0. The van der Waals surface area contributed by atoms with Gasteiger partial charge in [-0.2, -0.15) is 0 Å². The lowest BCUT2D eigenvalue weighted by molar-refractivity contribution is -0.118. The van der Waals surface area contributed by atoms with Crippen molar-refractivity contribution in [2.45, 2.75) is 38.7 Å². The molecule has 26 heavy (non-hydrogen) atoms. The molecule has 138 valence electrons. The second-order valence-corrected chi connectivity index (χ2v) is 6.49. The maximum atomic E-state index is 12.2. The van der Waals surface area contributed by atoms with E-state index in [2.05, 4.69) is 5.32 Å². The van der Waals surface area contributed by atoms with Crippen molar-refractivity contribution in [2.24, 2.45) is 0 Å². The Kier molecular flexibility index (Phi) is 6.00. The number of anilines is 1. The number of amides is 1. The summed E-state index contributed by atoms with van der Waals surface area (Å²) in [6.07, 6.45) is 4.73. The van der Waals surface area contributed by atoms with Gasteiger partial charge < -0.3 is 19.5 Å². The number of methoxy groups -OCH3 is 1. The van der Waals surface area contributed by atoms with E-state index in [4.69, 9.17) is 14.2 Å². The van der Waals surface area contributed by atoms with Gasteiger partial charge in [-0.1, -0.05) is 18.2 Å². The number of ether oxygens (including phenoxy) is 3. The van der Waals surface area contributed by atoms with E-state index in [0.29, 0.717) is 22.9 Å². The van der Waals surface area contributed by atoms with E-state index in [0.717, 1.165) is 18.4 Å². The zero-order chi connectivity index (χ0) is 18.4. The zero-order valence-electron chi connectivity index (χ0n) is 15.3. The first-order valence-electron chi connectivity index (χ1n) is 8.98. The molecule has 0 spiro atoms. The largest absolute Gasteiger partial charge is 0.493 e. The third kappa shape index (κ3) is 4.69. The number of rotatable bonds is 7. The van der Waals surface area contributed by atoms with Gasteiger partial charge in [-0.05, 0) is 56.4 Å². The first-order chi connectivity index (χ1) is 12.7. The number of benzene rings is 2. The zero-order valence-corrected chi connectivity index (χ0v) is 15.3. The number of nitrogens with one attached hydrogen (secondary N) is 1. The van der Waals surface area contributed by atoms with Gasteiger partial charge in [0.2, 0.25) is 0 Å². The molecule has 1 N–H and O–H groups in total. The van der Waals surface area contributed by atoms with Gasteiger partial charge in [0, 0.05) is 11.8 Å². The summed E-state index contributed by atoms with van der Waals surface area (Å²) in [5.41, 5.74) is 1.66. The van der Waals surface area contributed by atoms with Gasteiger partial charge in [-0.15, -0.1) is 0 Å². The van der Waals surface area contributed by atoms with Crippen LogP contribution in [0.2, 0.25) is 0 Å². The minimum Gasteiger partial charge on any atom is -0.493 e. The monoisotopic (exact) mass is 355 g/mol. The molecule has 0 unspecified atom stereocenters. The average molecular weight is 355 g/mol. The maximum absolute atomic E-state index is 12.2. The van der Waals surface area contributed by atoms with Gasteiger partial charge in [0.15, 0.2) is 18.1 Å². The van der Waals surface area contributed by atoms with Crippen LogP contribution in [0.15, 0.2) is 42.5 Å². The summed E-state index contributed by atoms with van der Waals surface area (Å²) in [6, 6.07) is 13.0. The Labute approximate surface area is 154 Å². The molecule has 0 aromatic heterocycles.